The number of hydrogen-bond donors (Lipinski definition) is 1. The first-order chi connectivity index (χ1) is 16.2. The Hall–Kier alpha value is -3.25. The Morgan fingerprint density at radius 1 is 1.18 bits per heavy atom. The quantitative estimate of drug-likeness (QED) is 0.545. The van der Waals surface area contributed by atoms with E-state index in [0.29, 0.717) is 19.5 Å². The number of benzene rings is 2. The largest absolute Gasteiger partial charge is 0.492 e. The zero-order chi connectivity index (χ0) is 22.4. The van der Waals surface area contributed by atoms with Crippen LogP contribution in [0.2, 0.25) is 0 Å². The molecule has 3 aliphatic rings. The van der Waals surface area contributed by atoms with Gasteiger partial charge in [0.05, 0.1) is 17.1 Å². The average Bonchev–Trinajstić information content (AvgIpc) is 3.56. The van der Waals surface area contributed by atoms with Crippen molar-refractivity contribution in [3.05, 3.63) is 107 Å². The molecule has 0 fully saturated rings. The van der Waals surface area contributed by atoms with Crippen LogP contribution in [0.25, 0.3) is 10.9 Å². The number of fused-ring (bicyclic) bond motifs is 1. The number of aromatic amines is 1. The van der Waals surface area contributed by atoms with Crippen molar-refractivity contribution < 1.29 is 13.9 Å². The van der Waals surface area contributed by atoms with Gasteiger partial charge in [-0.15, -0.1) is 11.8 Å². The fraction of sp³-hybridized carbons (Fsp3) is 0.222. The lowest BCUT2D eigenvalue weighted by Gasteiger charge is -2.25. The number of hydrogen-bond acceptors (Lipinski definition) is 3. The van der Waals surface area contributed by atoms with Crippen molar-refractivity contribution in [2.24, 2.45) is 0 Å². The Morgan fingerprint density at radius 3 is 3.00 bits per heavy atom. The Bertz CT molecular complexity index is 1340. The SMILES string of the molecule is O=C(c1cc(Cc2cccc3[nH]ccc23)ccc1F)N1CC2=C(C1)C(C1C=CC=CO1)SC2. The molecule has 4 heterocycles. The highest BCUT2D eigenvalue weighted by Crippen LogP contribution is 2.41. The second-order valence-corrected chi connectivity index (χ2v) is 9.81. The van der Waals surface area contributed by atoms with Gasteiger partial charge in [-0.3, -0.25) is 4.79 Å². The fourth-order valence-electron chi connectivity index (χ4n) is 4.98. The van der Waals surface area contributed by atoms with Crippen molar-refractivity contribution in [2.75, 3.05) is 18.8 Å². The van der Waals surface area contributed by atoms with Crippen molar-refractivity contribution >= 4 is 28.6 Å². The molecule has 0 radical (unpaired) electrons. The molecule has 166 valence electrons. The van der Waals surface area contributed by atoms with Gasteiger partial charge in [-0.2, -0.15) is 0 Å². The van der Waals surface area contributed by atoms with Crippen LogP contribution < -0.4 is 0 Å². The van der Waals surface area contributed by atoms with Gasteiger partial charge in [-0.05, 0) is 65.1 Å². The van der Waals surface area contributed by atoms with Gasteiger partial charge in [0.25, 0.3) is 5.91 Å². The highest BCUT2D eigenvalue weighted by atomic mass is 32.2. The van der Waals surface area contributed by atoms with Gasteiger partial charge < -0.3 is 14.6 Å². The summed E-state index contributed by atoms with van der Waals surface area (Å²) in [5.74, 6) is 0.183. The number of ether oxygens (including phenoxy) is 1. The van der Waals surface area contributed by atoms with Crippen LogP contribution in [-0.2, 0) is 11.2 Å². The molecule has 1 aromatic heterocycles. The molecule has 0 spiro atoms. The first kappa shape index (κ1) is 20.4. The number of halogens is 1. The van der Waals surface area contributed by atoms with Crippen LogP contribution in [0.15, 0.2) is 84.3 Å². The van der Waals surface area contributed by atoms with Gasteiger partial charge in [0, 0.05) is 35.9 Å². The summed E-state index contributed by atoms with van der Waals surface area (Å²) < 4.78 is 20.5. The molecule has 6 rings (SSSR count). The summed E-state index contributed by atoms with van der Waals surface area (Å²) in [5.41, 5.74) is 5.83. The zero-order valence-corrected chi connectivity index (χ0v) is 18.8. The van der Waals surface area contributed by atoms with Crippen LogP contribution in [0.3, 0.4) is 0 Å². The summed E-state index contributed by atoms with van der Waals surface area (Å²) in [6.45, 7) is 1.10. The molecule has 1 N–H and O–H groups in total. The van der Waals surface area contributed by atoms with E-state index >= 15 is 0 Å². The van der Waals surface area contributed by atoms with E-state index in [-0.39, 0.29) is 22.8 Å². The number of nitrogens with zero attached hydrogens (tertiary/aromatic N) is 1. The highest BCUT2D eigenvalue weighted by Gasteiger charge is 2.39. The predicted octanol–water partition coefficient (Wildman–Crippen LogP) is 5.23. The Labute approximate surface area is 195 Å². The average molecular weight is 459 g/mol. The monoisotopic (exact) mass is 458 g/mol. The van der Waals surface area contributed by atoms with Crippen molar-refractivity contribution in [2.45, 2.75) is 17.8 Å². The summed E-state index contributed by atoms with van der Waals surface area (Å²) in [4.78, 5) is 18.3. The number of thioether (sulfide) groups is 1. The number of H-pyrrole nitrogens is 1. The molecule has 33 heavy (non-hydrogen) atoms. The van der Waals surface area contributed by atoms with Crippen LogP contribution in [0.5, 0.6) is 0 Å². The van der Waals surface area contributed by atoms with E-state index in [0.717, 1.165) is 27.8 Å². The van der Waals surface area contributed by atoms with E-state index in [4.69, 9.17) is 4.74 Å². The molecular formula is C27H23FN2O2S. The van der Waals surface area contributed by atoms with Gasteiger partial charge in [0.15, 0.2) is 0 Å². The van der Waals surface area contributed by atoms with E-state index in [2.05, 4.69) is 17.1 Å². The maximum Gasteiger partial charge on any atom is 0.257 e. The smallest absolute Gasteiger partial charge is 0.257 e. The highest BCUT2D eigenvalue weighted by molar-refractivity contribution is 8.00. The molecule has 0 aliphatic carbocycles. The molecule has 2 atom stereocenters. The number of rotatable bonds is 4. The van der Waals surface area contributed by atoms with Gasteiger partial charge in [0.1, 0.15) is 11.9 Å². The number of carbonyl (C=O) groups is 1. The molecule has 4 nitrogen and oxygen atoms in total. The van der Waals surface area contributed by atoms with E-state index < -0.39 is 5.82 Å². The zero-order valence-electron chi connectivity index (χ0n) is 18.0. The molecule has 3 aromatic rings. The van der Waals surface area contributed by atoms with E-state index in [1.54, 1.807) is 23.3 Å². The predicted molar refractivity (Wildman–Crippen MR) is 130 cm³/mol. The maximum atomic E-state index is 14.8. The second-order valence-electron chi connectivity index (χ2n) is 8.68. The minimum absolute atomic E-state index is 0.0150. The topological polar surface area (TPSA) is 45.3 Å². The number of aromatic nitrogens is 1. The van der Waals surface area contributed by atoms with Crippen molar-refractivity contribution in [1.82, 2.24) is 9.88 Å². The Balaban J connectivity index is 1.21. The third-order valence-corrected chi connectivity index (χ3v) is 8.06. The van der Waals surface area contributed by atoms with Crippen LogP contribution >= 0.6 is 11.8 Å². The molecule has 3 aliphatic heterocycles. The van der Waals surface area contributed by atoms with Crippen molar-refractivity contribution in [3.63, 3.8) is 0 Å². The maximum absolute atomic E-state index is 14.8. The van der Waals surface area contributed by atoms with Gasteiger partial charge in [-0.25, -0.2) is 4.39 Å². The van der Waals surface area contributed by atoms with Gasteiger partial charge in [-0.1, -0.05) is 24.3 Å². The Morgan fingerprint density at radius 2 is 2.12 bits per heavy atom. The molecule has 1 amide bonds. The number of carbonyl (C=O) groups excluding carboxylic acids is 1. The summed E-state index contributed by atoms with van der Waals surface area (Å²) in [6.07, 6.45) is 10.2. The van der Waals surface area contributed by atoms with E-state index in [1.165, 1.54) is 17.2 Å². The summed E-state index contributed by atoms with van der Waals surface area (Å²) in [5, 5.41) is 1.35. The van der Waals surface area contributed by atoms with E-state index in [1.807, 2.05) is 48.3 Å². The van der Waals surface area contributed by atoms with Gasteiger partial charge in [0.2, 0.25) is 0 Å². The van der Waals surface area contributed by atoms with Crippen LogP contribution in [0.4, 0.5) is 4.39 Å². The number of allylic oxidation sites excluding steroid dienone is 2. The normalized spacial score (nSPS) is 21.7. The molecule has 0 saturated carbocycles. The van der Waals surface area contributed by atoms with Crippen LogP contribution in [0, 0.1) is 5.82 Å². The van der Waals surface area contributed by atoms with Crippen LogP contribution in [0.1, 0.15) is 21.5 Å². The molecule has 0 bridgehead atoms. The minimum atomic E-state index is -0.467. The molecule has 0 saturated heterocycles. The van der Waals surface area contributed by atoms with Crippen LogP contribution in [-0.4, -0.2) is 46.0 Å². The summed E-state index contributed by atoms with van der Waals surface area (Å²) in [7, 11) is 0. The third-order valence-electron chi connectivity index (χ3n) is 6.63. The number of amides is 1. The third kappa shape index (κ3) is 3.68. The van der Waals surface area contributed by atoms with Crippen molar-refractivity contribution in [3.8, 4) is 0 Å². The summed E-state index contributed by atoms with van der Waals surface area (Å²) in [6, 6.07) is 13.1. The Kier molecular flexibility index (Phi) is 5.10. The lowest BCUT2D eigenvalue weighted by atomic mass is 9.99. The number of nitrogens with one attached hydrogen (secondary N) is 1. The molecular weight excluding hydrogens is 435 g/mol. The molecule has 6 heteroatoms. The fourth-order valence-corrected chi connectivity index (χ4v) is 6.42. The van der Waals surface area contributed by atoms with Gasteiger partial charge >= 0.3 is 0 Å². The standard InChI is InChI=1S/C27H23FN2O2S/c28-23-8-7-17(12-18-4-3-5-24-20(18)9-10-29-24)13-21(23)27(31)30-14-19-16-33-26(22(19)15-30)25-6-1-2-11-32-25/h1-11,13,25-26,29H,12,14-16H2. The minimum Gasteiger partial charge on any atom is -0.492 e. The summed E-state index contributed by atoms with van der Waals surface area (Å²) >= 11 is 1.86. The first-order valence-corrected chi connectivity index (χ1v) is 12.2. The molecule has 2 unspecified atom stereocenters. The van der Waals surface area contributed by atoms with Crippen molar-refractivity contribution in [1.29, 1.82) is 0 Å². The lowest BCUT2D eigenvalue weighted by Crippen LogP contribution is -2.34. The molecule has 2 aromatic carbocycles. The second kappa shape index (κ2) is 8.27. The first-order valence-electron chi connectivity index (χ1n) is 11.1. The van der Waals surface area contributed by atoms with E-state index in [9.17, 15) is 9.18 Å². The lowest BCUT2D eigenvalue weighted by molar-refractivity contribution is 0.0789.